The Morgan fingerprint density at radius 3 is 1.51 bits per heavy atom. The van der Waals surface area contributed by atoms with Gasteiger partial charge in [0.1, 0.15) is 17.0 Å². The number of nitrogens with zero attached hydrogens (tertiary/aromatic N) is 2. The first-order chi connectivity index (χ1) is 24.3. The zero-order valence-electron chi connectivity index (χ0n) is 33.2. The SMILES string of the molecule is C1CCOC1.CC(C)(C)OC(=O)N1CCC(=O)CC1.CC(C)(C)OC(=O)N1CCC(O)(c2ccc(Cl)cc2)CC1.Clc1ccc(I)cc1.[CH2-]CCC.[Li+]. The Labute approximate surface area is 354 Å². The van der Waals surface area contributed by atoms with Crippen LogP contribution < -0.4 is 18.9 Å². The van der Waals surface area contributed by atoms with Gasteiger partial charge in [0.15, 0.2) is 0 Å². The van der Waals surface area contributed by atoms with Crippen LogP contribution in [0.25, 0.3) is 0 Å². The van der Waals surface area contributed by atoms with Crippen molar-refractivity contribution in [2.24, 2.45) is 0 Å². The molecule has 1 N–H and O–H groups in total. The molecule has 3 fully saturated rings. The number of carbonyl (C=O) groups is 3. The summed E-state index contributed by atoms with van der Waals surface area (Å²) >= 11 is 13.7. The average molecular weight is 886 g/mol. The van der Waals surface area contributed by atoms with Crippen LogP contribution in [-0.2, 0) is 24.6 Å². The number of amides is 2. The van der Waals surface area contributed by atoms with E-state index >= 15 is 0 Å². The second-order valence-electron chi connectivity index (χ2n) is 14.6. The summed E-state index contributed by atoms with van der Waals surface area (Å²) in [4.78, 5) is 37.7. The molecule has 0 spiro atoms. The molecular formula is C40H60Cl2ILiN2O7. The van der Waals surface area contributed by atoms with E-state index in [1.807, 2.05) is 77.9 Å². The molecule has 0 aromatic heterocycles. The zero-order chi connectivity index (χ0) is 39.4. The molecule has 0 radical (unpaired) electrons. The van der Waals surface area contributed by atoms with Crippen molar-refractivity contribution in [2.75, 3.05) is 39.4 Å². The van der Waals surface area contributed by atoms with Crippen molar-refractivity contribution in [2.45, 2.75) is 117 Å². The second-order valence-corrected chi connectivity index (χ2v) is 16.7. The average Bonchev–Trinajstić information content (AvgIpc) is 3.67. The standard InChI is InChI=1S/C16H22ClNO3.C10H17NO3.C6H4ClI.C4H8O.C4H9.Li/c1-15(2,3)21-14(19)18-10-8-16(20,9-11-18)12-4-6-13(17)7-5-12;1-10(2,3)14-9(13)11-6-4-8(12)5-7-11;7-5-1-3-6(8)4-2-5;1-2-4-5-3-1;1-3-4-2;/h4-7,20H,8-11H2,1-3H3;4-7H2,1-3H3;1-4H;1-4H2;1,3-4H2,2H3;/q;;;;-1;+1. The summed E-state index contributed by atoms with van der Waals surface area (Å²) in [6.45, 7) is 20.7. The molecule has 0 aliphatic carbocycles. The molecule has 53 heavy (non-hydrogen) atoms. The van der Waals surface area contributed by atoms with Gasteiger partial charge in [-0.3, -0.25) is 4.79 Å². The first kappa shape index (κ1) is 51.5. The third kappa shape index (κ3) is 23.9. The predicted octanol–water partition coefficient (Wildman–Crippen LogP) is 7.51. The predicted molar refractivity (Wildman–Crippen MR) is 219 cm³/mol. The molecule has 9 nitrogen and oxygen atoms in total. The molecule has 0 bridgehead atoms. The van der Waals surface area contributed by atoms with Gasteiger partial charge in [0.25, 0.3) is 0 Å². The number of halogens is 3. The molecule has 3 aliphatic heterocycles. The van der Waals surface area contributed by atoms with Crippen LogP contribution >= 0.6 is 45.8 Å². The Morgan fingerprint density at radius 2 is 1.19 bits per heavy atom. The first-order valence-corrected chi connectivity index (χ1v) is 19.9. The van der Waals surface area contributed by atoms with Gasteiger partial charge in [-0.25, -0.2) is 9.59 Å². The van der Waals surface area contributed by atoms with E-state index in [9.17, 15) is 19.5 Å². The van der Waals surface area contributed by atoms with E-state index in [1.165, 1.54) is 22.8 Å². The Balaban J connectivity index is 0.000000723. The molecule has 3 saturated heterocycles. The number of ketones is 1. The van der Waals surface area contributed by atoms with Crippen molar-refractivity contribution in [3.05, 3.63) is 74.6 Å². The summed E-state index contributed by atoms with van der Waals surface area (Å²) in [5.74, 6) is 0.227. The van der Waals surface area contributed by atoms with Crippen LogP contribution in [0.15, 0.2) is 48.5 Å². The molecule has 294 valence electrons. The van der Waals surface area contributed by atoms with Crippen molar-refractivity contribution >= 4 is 63.8 Å². The van der Waals surface area contributed by atoms with Crippen LogP contribution in [0.3, 0.4) is 0 Å². The molecule has 2 amide bonds. The summed E-state index contributed by atoms with van der Waals surface area (Å²) in [5, 5.41) is 12.2. The molecule has 0 unspecified atom stereocenters. The number of unbranched alkanes of at least 4 members (excludes halogenated alkanes) is 1. The summed E-state index contributed by atoms with van der Waals surface area (Å²) in [7, 11) is 0. The van der Waals surface area contributed by atoms with Gasteiger partial charge in [0, 0.05) is 65.8 Å². The zero-order valence-corrected chi connectivity index (χ0v) is 36.8. The monoisotopic (exact) mass is 884 g/mol. The quantitative estimate of drug-likeness (QED) is 0.189. The van der Waals surface area contributed by atoms with Gasteiger partial charge in [-0.15, -0.1) is 0 Å². The maximum atomic E-state index is 12.0. The van der Waals surface area contributed by atoms with Gasteiger partial charge in [-0.05, 0) is 132 Å². The summed E-state index contributed by atoms with van der Waals surface area (Å²) in [5.41, 5.74) is -1.02. The molecular weight excluding hydrogens is 825 g/mol. The smallest absolute Gasteiger partial charge is 0.444 e. The van der Waals surface area contributed by atoms with Gasteiger partial charge in [-0.1, -0.05) is 48.7 Å². The molecule has 13 heteroatoms. The molecule has 3 aliphatic rings. The number of piperidine rings is 2. The van der Waals surface area contributed by atoms with Crippen LogP contribution in [0, 0.1) is 10.5 Å². The van der Waals surface area contributed by atoms with Crippen molar-refractivity contribution in [1.29, 1.82) is 0 Å². The molecule has 2 aromatic carbocycles. The van der Waals surface area contributed by atoms with Gasteiger partial charge in [-0.2, -0.15) is 6.42 Å². The number of benzene rings is 2. The van der Waals surface area contributed by atoms with Crippen LogP contribution in [0.5, 0.6) is 0 Å². The van der Waals surface area contributed by atoms with Gasteiger partial charge >= 0.3 is 31.0 Å². The maximum absolute atomic E-state index is 12.0. The van der Waals surface area contributed by atoms with Crippen LogP contribution in [0.4, 0.5) is 9.59 Å². The molecule has 0 atom stereocenters. The number of rotatable bonds is 2. The van der Waals surface area contributed by atoms with Crippen LogP contribution in [0.2, 0.25) is 10.0 Å². The van der Waals surface area contributed by atoms with Crippen molar-refractivity contribution in [3.63, 3.8) is 0 Å². The van der Waals surface area contributed by atoms with E-state index in [0.29, 0.717) is 56.9 Å². The molecule has 5 rings (SSSR count). The van der Waals surface area contributed by atoms with E-state index in [1.54, 1.807) is 21.9 Å². The third-order valence-electron chi connectivity index (χ3n) is 7.58. The van der Waals surface area contributed by atoms with E-state index in [0.717, 1.165) is 30.2 Å². The summed E-state index contributed by atoms with van der Waals surface area (Å²) in [6, 6.07) is 14.9. The fourth-order valence-corrected chi connectivity index (χ4v) is 5.25. The van der Waals surface area contributed by atoms with Crippen molar-refractivity contribution in [3.8, 4) is 0 Å². The first-order valence-electron chi connectivity index (χ1n) is 18.0. The number of hydrogen-bond donors (Lipinski definition) is 1. The van der Waals surface area contributed by atoms with Gasteiger partial charge in [0.05, 0.1) is 5.60 Å². The largest absolute Gasteiger partial charge is 1.00 e. The Hall–Kier alpha value is -1.52. The summed E-state index contributed by atoms with van der Waals surface area (Å²) < 4.78 is 16.7. The van der Waals surface area contributed by atoms with Gasteiger partial charge in [0.2, 0.25) is 0 Å². The number of aliphatic hydroxyl groups is 1. The second kappa shape index (κ2) is 26.4. The minimum atomic E-state index is -0.900. The Morgan fingerprint density at radius 1 is 0.811 bits per heavy atom. The number of Topliss-reactive ketones (excluding diaryl/α,β-unsaturated/α-hetero) is 1. The van der Waals surface area contributed by atoms with Gasteiger partial charge < -0.3 is 36.0 Å². The Kier molecular flexibility index (Phi) is 25.6. The van der Waals surface area contributed by atoms with Crippen LogP contribution in [-0.4, -0.2) is 83.5 Å². The summed E-state index contributed by atoms with van der Waals surface area (Å²) in [6.07, 6.45) is 6.10. The van der Waals surface area contributed by atoms with Crippen molar-refractivity contribution < 1.29 is 52.6 Å². The van der Waals surface area contributed by atoms with Crippen molar-refractivity contribution in [1.82, 2.24) is 9.80 Å². The number of carbonyl (C=O) groups excluding carboxylic acids is 3. The molecule has 2 aromatic rings. The molecule has 0 saturated carbocycles. The number of ether oxygens (including phenoxy) is 3. The van der Waals surface area contributed by atoms with E-state index in [2.05, 4.69) is 36.4 Å². The fourth-order valence-electron chi connectivity index (χ4n) is 4.64. The van der Waals surface area contributed by atoms with E-state index in [4.69, 9.17) is 37.4 Å². The minimum absolute atomic E-state index is 0. The maximum Gasteiger partial charge on any atom is 1.00 e. The fraction of sp³-hybridized carbons (Fsp3) is 0.600. The third-order valence-corrected chi connectivity index (χ3v) is 8.80. The number of likely N-dealkylation sites (tertiary alicyclic amines) is 2. The topological polar surface area (TPSA) is 106 Å². The Bertz CT molecular complexity index is 1280. The molecule has 3 heterocycles. The normalized spacial score (nSPS) is 16.3. The van der Waals surface area contributed by atoms with E-state index < -0.39 is 16.8 Å². The minimum Gasteiger partial charge on any atom is -0.444 e. The van der Waals surface area contributed by atoms with Crippen LogP contribution in [0.1, 0.15) is 105 Å². The number of hydrogen-bond acceptors (Lipinski definition) is 7. The van der Waals surface area contributed by atoms with E-state index in [-0.39, 0.29) is 36.8 Å².